The average molecular weight is 260 g/mol. The van der Waals surface area contributed by atoms with Gasteiger partial charge in [0.25, 0.3) is 0 Å². The summed E-state index contributed by atoms with van der Waals surface area (Å²) in [5.41, 5.74) is 8.59. The molecule has 0 amide bonds. The van der Waals surface area contributed by atoms with Gasteiger partial charge in [0.2, 0.25) is 0 Å². The van der Waals surface area contributed by atoms with Crippen molar-refractivity contribution in [3.63, 3.8) is 0 Å². The van der Waals surface area contributed by atoms with Gasteiger partial charge in [0.15, 0.2) is 0 Å². The van der Waals surface area contributed by atoms with Gasteiger partial charge in [-0.1, -0.05) is 29.8 Å². The van der Waals surface area contributed by atoms with E-state index < -0.39 is 0 Å². The Morgan fingerprint density at radius 1 is 1.00 bits per heavy atom. The van der Waals surface area contributed by atoms with Gasteiger partial charge < -0.3 is 10.5 Å². The molecule has 1 aliphatic rings. The van der Waals surface area contributed by atoms with E-state index in [2.05, 4.69) is 0 Å². The summed E-state index contributed by atoms with van der Waals surface area (Å²) in [5.74, 6) is 0.934. The second-order valence-corrected chi connectivity index (χ2v) is 4.99. The van der Waals surface area contributed by atoms with Crippen molar-refractivity contribution in [2.75, 3.05) is 5.73 Å². The van der Waals surface area contributed by atoms with E-state index >= 15 is 0 Å². The second-order valence-electron chi connectivity index (χ2n) is 4.58. The first-order valence-electron chi connectivity index (χ1n) is 6.04. The van der Waals surface area contributed by atoms with Crippen LogP contribution in [0.3, 0.4) is 0 Å². The van der Waals surface area contributed by atoms with E-state index in [0.29, 0.717) is 16.8 Å². The number of halogens is 1. The van der Waals surface area contributed by atoms with Crippen molar-refractivity contribution in [2.24, 2.45) is 0 Å². The molecule has 0 saturated heterocycles. The van der Waals surface area contributed by atoms with E-state index in [1.54, 1.807) is 0 Å². The number of nitrogen functional groups attached to an aromatic ring is 1. The standard InChI is InChI=1S/C15H14ClNO/c16-14-8-3-11(9-15(14)17)10-1-4-12(5-2-10)18-13-6-7-13/h1-5,8-9,13H,6-7,17H2. The third kappa shape index (κ3) is 2.44. The Morgan fingerprint density at radius 3 is 2.28 bits per heavy atom. The maximum absolute atomic E-state index is 5.91. The smallest absolute Gasteiger partial charge is 0.119 e. The van der Waals surface area contributed by atoms with Crippen LogP contribution in [0.4, 0.5) is 5.69 Å². The molecule has 1 aliphatic carbocycles. The quantitative estimate of drug-likeness (QED) is 0.841. The first-order valence-corrected chi connectivity index (χ1v) is 6.42. The summed E-state index contributed by atoms with van der Waals surface area (Å²) in [4.78, 5) is 0. The molecule has 1 fully saturated rings. The molecule has 0 atom stereocenters. The van der Waals surface area contributed by atoms with Gasteiger partial charge >= 0.3 is 0 Å². The molecular formula is C15H14ClNO. The number of benzene rings is 2. The zero-order valence-electron chi connectivity index (χ0n) is 9.90. The lowest BCUT2D eigenvalue weighted by atomic mass is 10.1. The molecular weight excluding hydrogens is 246 g/mol. The molecule has 0 aromatic heterocycles. The maximum Gasteiger partial charge on any atom is 0.119 e. The fraction of sp³-hybridized carbons (Fsp3) is 0.200. The Morgan fingerprint density at radius 2 is 1.67 bits per heavy atom. The lowest BCUT2D eigenvalue weighted by Crippen LogP contribution is -1.95. The first kappa shape index (κ1) is 11.4. The minimum Gasteiger partial charge on any atom is -0.490 e. The predicted molar refractivity (Wildman–Crippen MR) is 75.0 cm³/mol. The molecule has 0 aliphatic heterocycles. The number of nitrogens with two attached hydrogens (primary N) is 1. The molecule has 18 heavy (non-hydrogen) atoms. The summed E-state index contributed by atoms with van der Waals surface area (Å²) in [7, 11) is 0. The van der Waals surface area contributed by atoms with Gasteiger partial charge in [0.1, 0.15) is 5.75 Å². The SMILES string of the molecule is Nc1cc(-c2ccc(OC3CC3)cc2)ccc1Cl. The lowest BCUT2D eigenvalue weighted by Gasteiger charge is -2.07. The molecule has 92 valence electrons. The highest BCUT2D eigenvalue weighted by atomic mass is 35.5. The Kier molecular flexibility index (Phi) is 2.88. The second kappa shape index (κ2) is 4.54. The number of hydrogen-bond acceptors (Lipinski definition) is 2. The summed E-state index contributed by atoms with van der Waals surface area (Å²) >= 11 is 5.91. The minimum absolute atomic E-state index is 0.432. The van der Waals surface area contributed by atoms with Crippen molar-refractivity contribution in [1.29, 1.82) is 0 Å². The van der Waals surface area contributed by atoms with Crippen molar-refractivity contribution < 1.29 is 4.74 Å². The summed E-state index contributed by atoms with van der Waals surface area (Å²) < 4.78 is 5.71. The molecule has 2 aromatic rings. The van der Waals surface area contributed by atoms with E-state index in [4.69, 9.17) is 22.1 Å². The molecule has 3 rings (SSSR count). The van der Waals surface area contributed by atoms with Gasteiger partial charge in [-0.05, 0) is 48.2 Å². The largest absolute Gasteiger partial charge is 0.490 e. The fourth-order valence-corrected chi connectivity index (χ4v) is 1.95. The number of anilines is 1. The molecule has 0 spiro atoms. The molecule has 0 heterocycles. The van der Waals surface area contributed by atoms with E-state index in [1.807, 2.05) is 42.5 Å². The summed E-state index contributed by atoms with van der Waals surface area (Å²) in [6.07, 6.45) is 2.78. The molecule has 0 unspecified atom stereocenters. The Bertz CT molecular complexity index is 561. The van der Waals surface area contributed by atoms with E-state index in [0.717, 1.165) is 16.9 Å². The summed E-state index contributed by atoms with van der Waals surface area (Å²) in [5, 5.41) is 0.590. The molecule has 1 saturated carbocycles. The van der Waals surface area contributed by atoms with Crippen LogP contribution >= 0.6 is 11.6 Å². The van der Waals surface area contributed by atoms with Crippen molar-refractivity contribution in [3.05, 3.63) is 47.5 Å². The van der Waals surface area contributed by atoms with E-state index in [9.17, 15) is 0 Å². The van der Waals surface area contributed by atoms with Gasteiger partial charge in [-0.15, -0.1) is 0 Å². The van der Waals surface area contributed by atoms with Crippen LogP contribution in [0.25, 0.3) is 11.1 Å². The zero-order chi connectivity index (χ0) is 12.5. The predicted octanol–water partition coefficient (Wildman–Crippen LogP) is 4.13. The maximum atomic E-state index is 5.91. The Labute approximate surface area is 111 Å². The first-order chi connectivity index (χ1) is 8.72. The highest BCUT2D eigenvalue weighted by Crippen LogP contribution is 2.30. The van der Waals surface area contributed by atoms with Crippen molar-refractivity contribution in [3.8, 4) is 16.9 Å². The highest BCUT2D eigenvalue weighted by molar-refractivity contribution is 6.33. The van der Waals surface area contributed by atoms with Crippen molar-refractivity contribution in [2.45, 2.75) is 18.9 Å². The summed E-state index contributed by atoms with van der Waals surface area (Å²) in [6, 6.07) is 13.8. The molecule has 0 radical (unpaired) electrons. The van der Waals surface area contributed by atoms with Crippen LogP contribution in [0.5, 0.6) is 5.75 Å². The zero-order valence-corrected chi connectivity index (χ0v) is 10.7. The molecule has 3 heteroatoms. The third-order valence-electron chi connectivity index (χ3n) is 3.01. The van der Waals surface area contributed by atoms with Gasteiger partial charge in [-0.3, -0.25) is 0 Å². The van der Waals surface area contributed by atoms with Crippen molar-refractivity contribution in [1.82, 2.24) is 0 Å². The molecule has 2 aromatic carbocycles. The van der Waals surface area contributed by atoms with Crippen LogP contribution in [0.2, 0.25) is 5.02 Å². The monoisotopic (exact) mass is 259 g/mol. The molecule has 2 nitrogen and oxygen atoms in total. The fourth-order valence-electron chi connectivity index (χ4n) is 1.83. The van der Waals surface area contributed by atoms with Crippen LogP contribution in [0, 0.1) is 0 Å². The van der Waals surface area contributed by atoms with E-state index in [1.165, 1.54) is 12.8 Å². The van der Waals surface area contributed by atoms with Crippen LogP contribution < -0.4 is 10.5 Å². The average Bonchev–Trinajstić information content (AvgIpc) is 3.18. The number of hydrogen-bond donors (Lipinski definition) is 1. The Hall–Kier alpha value is -1.67. The van der Waals surface area contributed by atoms with Crippen molar-refractivity contribution >= 4 is 17.3 Å². The normalized spacial score (nSPS) is 14.5. The minimum atomic E-state index is 0.432. The Balaban J connectivity index is 1.84. The van der Waals surface area contributed by atoms with Gasteiger partial charge in [0, 0.05) is 0 Å². The van der Waals surface area contributed by atoms with Gasteiger partial charge in [-0.2, -0.15) is 0 Å². The van der Waals surface area contributed by atoms with Gasteiger partial charge in [0.05, 0.1) is 16.8 Å². The number of rotatable bonds is 3. The van der Waals surface area contributed by atoms with Crippen LogP contribution in [-0.2, 0) is 0 Å². The number of ether oxygens (including phenoxy) is 1. The summed E-state index contributed by atoms with van der Waals surface area (Å²) in [6.45, 7) is 0. The van der Waals surface area contributed by atoms with E-state index in [-0.39, 0.29) is 0 Å². The topological polar surface area (TPSA) is 35.2 Å². The molecule has 0 bridgehead atoms. The molecule has 2 N–H and O–H groups in total. The van der Waals surface area contributed by atoms with Crippen LogP contribution in [0.15, 0.2) is 42.5 Å². The van der Waals surface area contributed by atoms with Crippen LogP contribution in [-0.4, -0.2) is 6.10 Å². The highest BCUT2D eigenvalue weighted by Gasteiger charge is 2.23. The van der Waals surface area contributed by atoms with Crippen LogP contribution in [0.1, 0.15) is 12.8 Å². The third-order valence-corrected chi connectivity index (χ3v) is 3.35. The lowest BCUT2D eigenvalue weighted by molar-refractivity contribution is 0.303. The van der Waals surface area contributed by atoms with Gasteiger partial charge in [-0.25, -0.2) is 0 Å².